The first-order chi connectivity index (χ1) is 16.3. The Kier molecular flexibility index (Phi) is 5.51. The number of nitrogens with two attached hydrogens (primary N) is 1. The number of benzene rings is 1. The Bertz CT molecular complexity index is 1400. The van der Waals surface area contributed by atoms with Crippen LogP contribution in [0.2, 0.25) is 0 Å². The molecule has 3 N–H and O–H groups in total. The zero-order valence-corrected chi connectivity index (χ0v) is 18.5. The van der Waals surface area contributed by atoms with Crippen LogP contribution in [0.4, 0.5) is 14.6 Å². The highest BCUT2D eigenvalue weighted by Gasteiger charge is 2.29. The van der Waals surface area contributed by atoms with Gasteiger partial charge in [-0.3, -0.25) is 9.78 Å². The van der Waals surface area contributed by atoms with Gasteiger partial charge in [-0.05, 0) is 55.4 Å². The highest BCUT2D eigenvalue weighted by molar-refractivity contribution is 6.36. The van der Waals surface area contributed by atoms with Gasteiger partial charge in [0.2, 0.25) is 0 Å². The van der Waals surface area contributed by atoms with E-state index in [2.05, 4.69) is 10.1 Å². The van der Waals surface area contributed by atoms with Crippen LogP contribution in [-0.4, -0.2) is 38.5 Å². The van der Waals surface area contributed by atoms with Crippen LogP contribution in [-0.2, 0) is 4.79 Å². The lowest BCUT2D eigenvalue weighted by Crippen LogP contribution is -2.28. The van der Waals surface area contributed by atoms with E-state index in [1.807, 2.05) is 13.9 Å². The Morgan fingerprint density at radius 2 is 1.79 bits per heavy atom. The molecule has 1 saturated carbocycles. The molecule has 0 bridgehead atoms. The van der Waals surface area contributed by atoms with E-state index in [1.54, 1.807) is 23.0 Å². The number of hydrogen-bond acceptors (Lipinski definition) is 5. The molecule has 1 aliphatic carbocycles. The van der Waals surface area contributed by atoms with Crippen molar-refractivity contribution in [1.82, 2.24) is 19.6 Å². The number of rotatable bonds is 4. The molecule has 1 aliphatic rings. The minimum atomic E-state index is -0.925. The number of aliphatic carboxylic acids is 1. The lowest BCUT2D eigenvalue weighted by Gasteiger charge is -2.27. The van der Waals surface area contributed by atoms with Gasteiger partial charge in [0.05, 0.1) is 17.8 Å². The van der Waals surface area contributed by atoms with Crippen LogP contribution in [0.5, 0.6) is 0 Å². The summed E-state index contributed by atoms with van der Waals surface area (Å²) in [6.07, 6.45) is 6.05. The number of aromatic nitrogens is 4. The molecule has 0 aliphatic heterocycles. The van der Waals surface area contributed by atoms with Gasteiger partial charge >= 0.3 is 5.97 Å². The van der Waals surface area contributed by atoms with E-state index in [9.17, 15) is 18.7 Å². The SMILES string of the molecule is Bc1c(C2CCC(C(=O)O)CC2)nc2c(-c3ccc(-c4ccc(F)c(F)c4)nc3)cnn2c1N. The van der Waals surface area contributed by atoms with Crippen molar-refractivity contribution in [2.45, 2.75) is 31.6 Å². The van der Waals surface area contributed by atoms with Crippen molar-refractivity contribution < 1.29 is 18.7 Å². The molecule has 7 nitrogen and oxygen atoms in total. The summed E-state index contributed by atoms with van der Waals surface area (Å²) in [4.78, 5) is 20.7. The predicted molar refractivity (Wildman–Crippen MR) is 126 cm³/mol. The van der Waals surface area contributed by atoms with E-state index >= 15 is 0 Å². The molecule has 34 heavy (non-hydrogen) atoms. The summed E-state index contributed by atoms with van der Waals surface area (Å²) >= 11 is 0. The maximum Gasteiger partial charge on any atom is 0.306 e. The van der Waals surface area contributed by atoms with Crippen LogP contribution in [0, 0.1) is 17.6 Å². The van der Waals surface area contributed by atoms with Crippen molar-refractivity contribution in [3.05, 3.63) is 60.1 Å². The number of carbonyl (C=O) groups is 1. The average Bonchev–Trinajstić information content (AvgIpc) is 3.27. The van der Waals surface area contributed by atoms with Crippen LogP contribution in [0.25, 0.3) is 28.0 Å². The summed E-state index contributed by atoms with van der Waals surface area (Å²) in [7, 11) is 1.92. The Hall–Kier alpha value is -3.82. The highest BCUT2D eigenvalue weighted by Crippen LogP contribution is 2.36. The number of carboxylic acid groups (broad SMARTS) is 1. The van der Waals surface area contributed by atoms with E-state index in [0.717, 1.165) is 47.3 Å². The van der Waals surface area contributed by atoms with Crippen molar-refractivity contribution in [2.75, 3.05) is 5.73 Å². The molecule has 5 rings (SSSR count). The Morgan fingerprint density at radius 3 is 2.44 bits per heavy atom. The van der Waals surface area contributed by atoms with Crippen molar-refractivity contribution >= 4 is 30.7 Å². The second kappa shape index (κ2) is 8.51. The molecule has 3 aromatic heterocycles. The molecule has 0 atom stereocenters. The standard InChI is InChI=1S/C24H22BF2N5O2/c25-20-21(12-1-3-13(4-2-12)24(33)34)31-23-16(11-30-32(23)22(20)28)15-6-8-19(29-10-15)14-5-7-17(26)18(27)9-14/h5-13H,1-4,25,28H2,(H,33,34). The maximum atomic E-state index is 13.6. The molecule has 0 unspecified atom stereocenters. The number of halogens is 2. The maximum absolute atomic E-state index is 13.6. The number of carboxylic acids is 1. The second-order valence-electron chi connectivity index (χ2n) is 8.75. The van der Waals surface area contributed by atoms with Crippen molar-refractivity contribution in [1.29, 1.82) is 0 Å². The van der Waals surface area contributed by atoms with Gasteiger partial charge in [-0.25, -0.2) is 13.8 Å². The van der Waals surface area contributed by atoms with Gasteiger partial charge in [-0.2, -0.15) is 9.61 Å². The van der Waals surface area contributed by atoms with Gasteiger partial charge in [0, 0.05) is 34.5 Å². The summed E-state index contributed by atoms with van der Waals surface area (Å²) in [5.74, 6) is -2.24. The lowest BCUT2D eigenvalue weighted by atomic mass is 9.77. The monoisotopic (exact) mass is 461 g/mol. The molecule has 4 aromatic rings. The van der Waals surface area contributed by atoms with Crippen molar-refractivity contribution in [3.63, 3.8) is 0 Å². The quantitative estimate of drug-likeness (QED) is 0.453. The fourth-order valence-electron chi connectivity index (χ4n) is 4.71. The van der Waals surface area contributed by atoms with Crippen LogP contribution in [0.3, 0.4) is 0 Å². The molecule has 1 fully saturated rings. The fourth-order valence-corrected chi connectivity index (χ4v) is 4.71. The number of pyridine rings is 1. The number of nitrogens with zero attached hydrogens (tertiary/aromatic N) is 4. The molecule has 3 heterocycles. The van der Waals surface area contributed by atoms with Gasteiger partial charge in [-0.15, -0.1) is 0 Å². The van der Waals surface area contributed by atoms with Gasteiger partial charge in [0.1, 0.15) is 13.7 Å². The van der Waals surface area contributed by atoms with E-state index in [0.29, 0.717) is 35.6 Å². The molecular formula is C24H22BF2N5O2. The fraction of sp³-hybridized carbons (Fsp3) is 0.250. The minimum Gasteiger partial charge on any atom is -0.481 e. The van der Waals surface area contributed by atoms with Gasteiger partial charge in [0.25, 0.3) is 0 Å². The van der Waals surface area contributed by atoms with Gasteiger partial charge in [0.15, 0.2) is 17.3 Å². The first kappa shape index (κ1) is 22.0. The van der Waals surface area contributed by atoms with Crippen LogP contribution >= 0.6 is 0 Å². The largest absolute Gasteiger partial charge is 0.481 e. The third-order valence-corrected chi connectivity index (χ3v) is 6.72. The molecule has 1 aromatic carbocycles. The van der Waals surface area contributed by atoms with E-state index in [1.165, 1.54) is 6.07 Å². The first-order valence-electron chi connectivity index (χ1n) is 11.1. The topological polar surface area (TPSA) is 106 Å². The first-order valence-corrected chi connectivity index (χ1v) is 11.1. The number of nitrogen functional groups attached to an aromatic ring is 1. The molecule has 0 saturated heterocycles. The Morgan fingerprint density at radius 1 is 1.06 bits per heavy atom. The summed E-state index contributed by atoms with van der Waals surface area (Å²) in [6, 6.07) is 7.23. The van der Waals surface area contributed by atoms with Crippen molar-refractivity contribution in [3.8, 4) is 22.4 Å². The third kappa shape index (κ3) is 3.78. The van der Waals surface area contributed by atoms with Gasteiger partial charge < -0.3 is 10.8 Å². The second-order valence-corrected chi connectivity index (χ2v) is 8.75. The highest BCUT2D eigenvalue weighted by atomic mass is 19.2. The van der Waals surface area contributed by atoms with Crippen LogP contribution < -0.4 is 11.2 Å². The average molecular weight is 461 g/mol. The predicted octanol–water partition coefficient (Wildman–Crippen LogP) is 2.94. The summed E-state index contributed by atoms with van der Waals surface area (Å²) in [6.45, 7) is 0. The Balaban J connectivity index is 1.50. The number of fused-ring (bicyclic) bond motifs is 1. The molecule has 0 radical (unpaired) electrons. The normalized spacial score (nSPS) is 18.3. The molecule has 0 spiro atoms. The molecule has 172 valence electrons. The van der Waals surface area contributed by atoms with Crippen LogP contribution in [0.15, 0.2) is 42.7 Å². The Labute approximate surface area is 195 Å². The minimum absolute atomic E-state index is 0.138. The molecule has 10 heteroatoms. The lowest BCUT2D eigenvalue weighted by molar-refractivity contribution is -0.142. The zero-order valence-electron chi connectivity index (χ0n) is 18.5. The van der Waals surface area contributed by atoms with Crippen LogP contribution in [0.1, 0.15) is 37.3 Å². The zero-order chi connectivity index (χ0) is 24.0. The summed E-state index contributed by atoms with van der Waals surface area (Å²) in [5, 5.41) is 13.7. The third-order valence-electron chi connectivity index (χ3n) is 6.72. The molecular weight excluding hydrogens is 439 g/mol. The molecule has 0 amide bonds. The smallest absolute Gasteiger partial charge is 0.306 e. The summed E-state index contributed by atoms with van der Waals surface area (Å²) in [5.41, 5.74) is 11.2. The number of hydrogen-bond donors (Lipinski definition) is 2. The summed E-state index contributed by atoms with van der Waals surface area (Å²) < 4.78 is 28.4. The van der Waals surface area contributed by atoms with E-state index in [4.69, 9.17) is 10.7 Å². The van der Waals surface area contributed by atoms with Gasteiger partial charge in [-0.1, -0.05) is 6.07 Å². The van der Waals surface area contributed by atoms with E-state index < -0.39 is 17.6 Å². The van der Waals surface area contributed by atoms with Crippen molar-refractivity contribution in [2.24, 2.45) is 5.92 Å². The number of anilines is 1. The van der Waals surface area contributed by atoms with E-state index in [-0.39, 0.29) is 11.8 Å².